The Morgan fingerprint density at radius 2 is 1.15 bits per heavy atom. The second-order valence-electron chi connectivity index (χ2n) is 12.2. The lowest BCUT2D eigenvalue weighted by molar-refractivity contribution is 0.0541. The number of carbonyl (C=O) groups is 2. The molecule has 2 aromatic heterocycles. The molecule has 7 nitrogen and oxygen atoms in total. The van der Waals surface area contributed by atoms with Gasteiger partial charge in [0.2, 0.25) is 0 Å². The van der Waals surface area contributed by atoms with Gasteiger partial charge in [0.1, 0.15) is 11.2 Å². The molecule has 0 amide bonds. The first-order valence-corrected chi connectivity index (χ1v) is 13.4. The highest BCUT2D eigenvalue weighted by molar-refractivity contribution is 6.24. The van der Waals surface area contributed by atoms with Crippen LogP contribution in [0.4, 0.5) is 9.59 Å². The fourth-order valence-electron chi connectivity index (χ4n) is 4.97. The Bertz CT molecular complexity index is 1740. The second kappa shape index (κ2) is 9.72. The van der Waals surface area contributed by atoms with Gasteiger partial charge < -0.3 is 9.47 Å². The van der Waals surface area contributed by atoms with E-state index in [-0.39, 0.29) is 0 Å². The fraction of sp³-hybridized carbons (Fsp3) is 0.333. The minimum atomic E-state index is -0.707. The molecule has 2 heterocycles. The van der Waals surface area contributed by atoms with Crippen molar-refractivity contribution >= 4 is 55.8 Å². The van der Waals surface area contributed by atoms with Crippen LogP contribution in [0.15, 0.2) is 54.6 Å². The molecule has 3 aromatic carbocycles. The van der Waals surface area contributed by atoms with E-state index in [2.05, 4.69) is 11.8 Å². The molecular weight excluding hydrogens is 502 g/mol. The Morgan fingerprint density at radius 1 is 0.725 bits per heavy atom. The van der Waals surface area contributed by atoms with Crippen molar-refractivity contribution in [2.45, 2.75) is 52.7 Å². The lowest BCUT2D eigenvalue weighted by Crippen LogP contribution is -2.27. The molecule has 0 saturated carbocycles. The van der Waals surface area contributed by atoms with E-state index < -0.39 is 23.4 Å². The molecule has 0 radical (unpaired) electrons. The summed E-state index contributed by atoms with van der Waals surface area (Å²) in [5, 5.41) is 3.51. The summed E-state index contributed by atoms with van der Waals surface area (Å²) in [4.78, 5) is 29.5. The van der Waals surface area contributed by atoms with Crippen molar-refractivity contribution in [3.05, 3.63) is 60.2 Å². The first-order valence-electron chi connectivity index (χ1n) is 13.4. The molecule has 40 heavy (non-hydrogen) atoms. The summed E-state index contributed by atoms with van der Waals surface area (Å²) in [7, 11) is 3.89. The molecule has 0 N–H and O–H groups in total. The molecule has 0 saturated heterocycles. The monoisotopic (exact) mass is 537 g/mol. The van der Waals surface area contributed by atoms with Gasteiger partial charge in [0.05, 0.1) is 34.2 Å². The minimum absolute atomic E-state index is 0.497. The van der Waals surface area contributed by atoms with Gasteiger partial charge in [-0.05, 0) is 73.8 Å². The van der Waals surface area contributed by atoms with Gasteiger partial charge in [-0.2, -0.15) is 0 Å². The van der Waals surface area contributed by atoms with E-state index in [1.807, 2.05) is 115 Å². The molecule has 0 unspecified atom stereocenters. The van der Waals surface area contributed by atoms with Crippen molar-refractivity contribution in [2.24, 2.45) is 0 Å². The number of rotatable bonds is 1. The van der Waals surface area contributed by atoms with E-state index in [1.54, 1.807) is 9.13 Å². The molecular formula is C33H35N3O4. The van der Waals surface area contributed by atoms with E-state index in [0.717, 1.165) is 21.5 Å². The third-order valence-electron chi connectivity index (χ3n) is 6.35. The average Bonchev–Trinajstić information content (AvgIpc) is 3.35. The normalized spacial score (nSPS) is 12.3. The van der Waals surface area contributed by atoms with Gasteiger partial charge >= 0.3 is 12.2 Å². The molecule has 0 fully saturated rings. The number of hydrogen-bond acceptors (Lipinski definition) is 5. The zero-order valence-electron chi connectivity index (χ0n) is 24.4. The molecule has 206 valence electrons. The van der Waals surface area contributed by atoms with Gasteiger partial charge in [-0.15, -0.1) is 0 Å². The molecule has 0 aliphatic heterocycles. The number of para-hydroxylation sites is 2. The van der Waals surface area contributed by atoms with Crippen LogP contribution in [0.25, 0.3) is 43.6 Å². The first-order chi connectivity index (χ1) is 18.8. The van der Waals surface area contributed by atoms with Gasteiger partial charge in [-0.3, -0.25) is 4.90 Å². The highest BCUT2D eigenvalue weighted by Crippen LogP contribution is 2.40. The summed E-state index contributed by atoms with van der Waals surface area (Å²) < 4.78 is 14.9. The molecule has 5 aromatic rings. The van der Waals surface area contributed by atoms with E-state index in [0.29, 0.717) is 34.2 Å². The van der Waals surface area contributed by atoms with Crippen LogP contribution in [0.5, 0.6) is 0 Å². The number of nitrogens with zero attached hydrogens (tertiary/aromatic N) is 3. The SMILES string of the molecule is CN(C)CC#Cc1c2c(cc3c4ccccc4n(C(=O)OC(C)(C)C)c13)c1ccccc1n2C(=O)OC(C)(C)C. The molecule has 5 rings (SSSR count). The number of benzene rings is 3. The van der Waals surface area contributed by atoms with Crippen LogP contribution in [0, 0.1) is 11.8 Å². The number of carbonyl (C=O) groups excluding carboxylic acids is 2. The first kappa shape index (κ1) is 27.3. The highest BCUT2D eigenvalue weighted by Gasteiger charge is 2.29. The van der Waals surface area contributed by atoms with Crippen molar-refractivity contribution in [3.63, 3.8) is 0 Å². The Balaban J connectivity index is 2.01. The number of fused-ring (bicyclic) bond motifs is 6. The summed E-state index contributed by atoms with van der Waals surface area (Å²) in [5.41, 5.74) is 1.77. The molecule has 0 bridgehead atoms. The van der Waals surface area contributed by atoms with Crippen molar-refractivity contribution < 1.29 is 19.1 Å². The van der Waals surface area contributed by atoms with E-state index >= 15 is 0 Å². The lowest BCUT2D eigenvalue weighted by Gasteiger charge is -2.21. The van der Waals surface area contributed by atoms with E-state index in [1.165, 1.54) is 0 Å². The molecule has 7 heteroatoms. The van der Waals surface area contributed by atoms with Crippen molar-refractivity contribution in [2.75, 3.05) is 20.6 Å². The third-order valence-corrected chi connectivity index (χ3v) is 6.35. The van der Waals surface area contributed by atoms with Crippen LogP contribution in [0.1, 0.15) is 47.1 Å². The largest absolute Gasteiger partial charge is 0.443 e. The molecule has 0 atom stereocenters. The number of aromatic nitrogens is 2. The van der Waals surface area contributed by atoms with Crippen LogP contribution in [-0.4, -0.2) is 58.1 Å². The quantitative estimate of drug-likeness (QED) is 0.209. The lowest BCUT2D eigenvalue weighted by atomic mass is 10.0. The van der Waals surface area contributed by atoms with E-state index in [9.17, 15) is 9.59 Å². The van der Waals surface area contributed by atoms with Crippen molar-refractivity contribution in [1.29, 1.82) is 0 Å². The highest BCUT2D eigenvalue weighted by atomic mass is 16.6. The minimum Gasteiger partial charge on any atom is -0.443 e. The van der Waals surface area contributed by atoms with Crippen LogP contribution in [0.2, 0.25) is 0 Å². The van der Waals surface area contributed by atoms with Crippen LogP contribution in [-0.2, 0) is 9.47 Å². The Kier molecular flexibility index (Phi) is 6.63. The molecule has 0 aliphatic rings. The predicted octanol–water partition coefficient (Wildman–Crippen LogP) is 7.38. The zero-order valence-corrected chi connectivity index (χ0v) is 24.4. The predicted molar refractivity (Wildman–Crippen MR) is 161 cm³/mol. The Labute approximate surface area is 234 Å². The van der Waals surface area contributed by atoms with Crippen molar-refractivity contribution in [3.8, 4) is 11.8 Å². The maximum absolute atomic E-state index is 13.8. The molecule has 0 spiro atoms. The van der Waals surface area contributed by atoms with Gasteiger partial charge in [-0.1, -0.05) is 48.2 Å². The van der Waals surface area contributed by atoms with Crippen molar-refractivity contribution in [1.82, 2.24) is 14.0 Å². The summed E-state index contributed by atoms with van der Waals surface area (Å²) in [6, 6.07) is 17.5. The second-order valence-corrected chi connectivity index (χ2v) is 12.2. The molecule has 0 aliphatic carbocycles. The van der Waals surface area contributed by atoms with E-state index in [4.69, 9.17) is 9.47 Å². The third kappa shape index (κ3) is 4.91. The standard InChI is InChI=1S/C33H35N3O4/c1-32(2,3)39-30(37)35-26-17-11-9-14-21(26)24-20-25-22-15-10-12-18-27(22)36(31(38)40-33(4,5)6)29(25)23(28(24)35)16-13-19-34(7)8/h9-12,14-15,17-18,20H,19H2,1-8H3. The van der Waals surface area contributed by atoms with Gasteiger partial charge in [-0.25, -0.2) is 18.7 Å². The Hall–Kier alpha value is -4.28. The zero-order chi connectivity index (χ0) is 29.0. The Morgan fingerprint density at radius 3 is 1.55 bits per heavy atom. The maximum Gasteiger partial charge on any atom is 0.419 e. The van der Waals surface area contributed by atoms with Crippen LogP contribution >= 0.6 is 0 Å². The van der Waals surface area contributed by atoms with Gasteiger partial charge in [0.25, 0.3) is 0 Å². The number of hydrogen-bond donors (Lipinski definition) is 0. The topological polar surface area (TPSA) is 65.7 Å². The number of ether oxygens (including phenoxy) is 2. The average molecular weight is 538 g/mol. The summed E-state index contributed by atoms with van der Waals surface area (Å²) in [6.45, 7) is 11.6. The smallest absolute Gasteiger partial charge is 0.419 e. The summed E-state index contributed by atoms with van der Waals surface area (Å²) in [5.74, 6) is 6.60. The van der Waals surface area contributed by atoms with Crippen LogP contribution in [0.3, 0.4) is 0 Å². The van der Waals surface area contributed by atoms with Gasteiger partial charge in [0, 0.05) is 21.5 Å². The summed E-state index contributed by atoms with van der Waals surface area (Å²) >= 11 is 0. The fourth-order valence-corrected chi connectivity index (χ4v) is 4.97. The maximum atomic E-state index is 13.8. The van der Waals surface area contributed by atoms with Crippen LogP contribution < -0.4 is 0 Å². The van der Waals surface area contributed by atoms with Gasteiger partial charge in [0.15, 0.2) is 0 Å². The summed E-state index contributed by atoms with van der Waals surface area (Å²) in [6.07, 6.45) is -1.01.